The van der Waals surface area contributed by atoms with Gasteiger partial charge in [-0.3, -0.25) is 4.72 Å². The van der Waals surface area contributed by atoms with E-state index in [2.05, 4.69) is 4.72 Å². The highest BCUT2D eigenvalue weighted by Gasteiger charge is 2.14. The highest BCUT2D eigenvalue weighted by atomic mass is 32.2. The first-order chi connectivity index (χ1) is 8.64. The smallest absolute Gasteiger partial charge is 0.271 e. The van der Waals surface area contributed by atoms with Crippen LogP contribution < -0.4 is 14.6 Å². The molecule has 0 radical (unpaired) electrons. The van der Waals surface area contributed by atoms with Crippen LogP contribution >= 0.6 is 0 Å². The minimum atomic E-state index is -4.12. The number of benzene rings is 1. The quantitative estimate of drug-likeness (QED) is 0.692. The zero-order chi connectivity index (χ0) is 14.7. The van der Waals surface area contributed by atoms with Gasteiger partial charge in [-0.05, 0) is 24.6 Å². The molecule has 108 valence electrons. The van der Waals surface area contributed by atoms with E-state index >= 15 is 0 Å². The first-order valence-electron chi connectivity index (χ1n) is 5.25. The van der Waals surface area contributed by atoms with Crippen LogP contribution in [0.5, 0.6) is 0 Å². The number of rotatable bonds is 6. The molecule has 0 spiro atoms. The van der Waals surface area contributed by atoms with Gasteiger partial charge in [0.05, 0.1) is 10.6 Å². The summed E-state index contributed by atoms with van der Waals surface area (Å²) < 4.78 is 62.6. The normalized spacial score (nSPS) is 12.4. The van der Waals surface area contributed by atoms with Crippen LogP contribution in [0.1, 0.15) is 13.3 Å². The van der Waals surface area contributed by atoms with Gasteiger partial charge in [-0.25, -0.2) is 17.9 Å². The molecule has 0 aliphatic rings. The van der Waals surface area contributed by atoms with Gasteiger partial charge in [0.25, 0.3) is 10.2 Å². The van der Waals surface area contributed by atoms with Crippen molar-refractivity contribution in [2.75, 3.05) is 11.3 Å². The molecule has 0 fully saturated rings. The number of sulfonamides is 1. The van der Waals surface area contributed by atoms with Crippen molar-refractivity contribution < 1.29 is 21.2 Å². The van der Waals surface area contributed by atoms with E-state index in [0.717, 1.165) is 12.1 Å². The maximum Gasteiger partial charge on any atom is 0.299 e. The van der Waals surface area contributed by atoms with E-state index in [4.69, 9.17) is 5.14 Å². The van der Waals surface area contributed by atoms with Gasteiger partial charge in [-0.15, -0.1) is 0 Å². The summed E-state index contributed by atoms with van der Waals surface area (Å²) >= 11 is 0. The van der Waals surface area contributed by atoms with Crippen LogP contribution in [0.3, 0.4) is 0 Å². The molecule has 19 heavy (non-hydrogen) atoms. The average Bonchev–Trinajstić information content (AvgIpc) is 2.23. The van der Waals surface area contributed by atoms with Crippen molar-refractivity contribution in [2.24, 2.45) is 5.14 Å². The molecule has 0 heterocycles. The third kappa shape index (κ3) is 5.11. The number of hydrogen-bond donors (Lipinski definition) is 3. The van der Waals surface area contributed by atoms with E-state index in [1.54, 1.807) is 6.92 Å². The molecule has 0 unspecified atom stereocenters. The van der Waals surface area contributed by atoms with Crippen LogP contribution in [0.2, 0.25) is 0 Å². The van der Waals surface area contributed by atoms with Gasteiger partial charge in [-0.1, -0.05) is 6.92 Å². The number of hydrogen-bond acceptors (Lipinski definition) is 4. The Morgan fingerprint density at radius 1 is 1.21 bits per heavy atom. The minimum absolute atomic E-state index is 0.201. The Kier molecular flexibility index (Phi) is 4.85. The summed E-state index contributed by atoms with van der Waals surface area (Å²) in [5.74, 6) is -0.917. The molecule has 0 bridgehead atoms. The molecule has 1 aromatic carbocycles. The number of anilines is 1. The predicted molar refractivity (Wildman–Crippen MR) is 68.6 cm³/mol. The Morgan fingerprint density at radius 3 is 2.37 bits per heavy atom. The summed E-state index contributed by atoms with van der Waals surface area (Å²) in [6, 6.07) is 2.48. The van der Waals surface area contributed by atoms with Gasteiger partial charge in [-0.2, -0.15) is 13.1 Å². The van der Waals surface area contributed by atoms with Gasteiger partial charge in [0.1, 0.15) is 5.82 Å². The molecule has 0 saturated carbocycles. The zero-order valence-electron chi connectivity index (χ0n) is 10.1. The molecule has 0 aliphatic heterocycles. The fraction of sp³-hybridized carbons (Fsp3) is 0.333. The van der Waals surface area contributed by atoms with Crippen LogP contribution in [-0.4, -0.2) is 23.4 Å². The zero-order valence-corrected chi connectivity index (χ0v) is 11.7. The van der Waals surface area contributed by atoms with Crippen molar-refractivity contribution in [3.05, 3.63) is 24.0 Å². The molecule has 0 amide bonds. The first kappa shape index (κ1) is 15.8. The van der Waals surface area contributed by atoms with Crippen molar-refractivity contribution >= 4 is 25.9 Å². The molecule has 7 nitrogen and oxygen atoms in total. The molecule has 0 atom stereocenters. The third-order valence-corrected chi connectivity index (χ3v) is 3.98. The first-order valence-corrected chi connectivity index (χ1v) is 8.28. The topological polar surface area (TPSA) is 118 Å². The van der Waals surface area contributed by atoms with Crippen molar-refractivity contribution in [3.8, 4) is 0 Å². The molecular formula is C9H14FN3O4S2. The maximum atomic E-state index is 13.2. The van der Waals surface area contributed by atoms with E-state index in [-0.39, 0.29) is 12.2 Å². The second kappa shape index (κ2) is 5.82. The average molecular weight is 311 g/mol. The van der Waals surface area contributed by atoms with Gasteiger partial charge in [0, 0.05) is 6.54 Å². The van der Waals surface area contributed by atoms with Crippen LogP contribution in [0.4, 0.5) is 10.1 Å². The van der Waals surface area contributed by atoms with E-state index in [9.17, 15) is 21.2 Å². The lowest BCUT2D eigenvalue weighted by molar-refractivity contribution is 0.585. The Balaban J connectivity index is 3.06. The Bertz CT molecular complexity index is 658. The minimum Gasteiger partial charge on any atom is -0.271 e. The molecule has 4 N–H and O–H groups in total. The van der Waals surface area contributed by atoms with E-state index in [1.165, 1.54) is 0 Å². The highest BCUT2D eigenvalue weighted by Crippen LogP contribution is 2.17. The van der Waals surface area contributed by atoms with Gasteiger partial charge >= 0.3 is 0 Å². The second-order valence-corrected chi connectivity index (χ2v) is 6.78. The van der Waals surface area contributed by atoms with Crippen molar-refractivity contribution in [1.82, 2.24) is 4.72 Å². The molecule has 1 aromatic rings. The standard InChI is InChI=1S/C9H14FN3O4S2/c1-2-3-12-19(16,17)13-8-4-7(10)5-9(6-8)18(11,14)15/h4-6,12-13H,2-3H2,1H3,(H2,11,14,15). The molecular weight excluding hydrogens is 297 g/mol. The fourth-order valence-electron chi connectivity index (χ4n) is 1.21. The van der Waals surface area contributed by atoms with Crippen LogP contribution in [-0.2, 0) is 20.2 Å². The number of nitrogens with two attached hydrogens (primary N) is 1. The molecule has 1 rings (SSSR count). The van der Waals surface area contributed by atoms with E-state index in [0.29, 0.717) is 12.5 Å². The van der Waals surface area contributed by atoms with Gasteiger partial charge in [0.2, 0.25) is 10.0 Å². The Labute approximate surface area is 111 Å². The second-order valence-electron chi connectivity index (χ2n) is 3.72. The molecule has 10 heteroatoms. The van der Waals surface area contributed by atoms with Crippen molar-refractivity contribution in [3.63, 3.8) is 0 Å². The number of primary sulfonamides is 1. The van der Waals surface area contributed by atoms with Gasteiger partial charge < -0.3 is 0 Å². The lowest BCUT2D eigenvalue weighted by atomic mass is 10.3. The summed E-state index contributed by atoms with van der Waals surface area (Å²) in [4.78, 5) is -0.513. The lowest BCUT2D eigenvalue weighted by Crippen LogP contribution is -2.30. The van der Waals surface area contributed by atoms with Crippen LogP contribution in [0, 0.1) is 5.82 Å². The number of nitrogens with one attached hydrogen (secondary N) is 2. The van der Waals surface area contributed by atoms with Crippen LogP contribution in [0.25, 0.3) is 0 Å². The molecule has 0 aromatic heterocycles. The summed E-state index contributed by atoms with van der Waals surface area (Å²) in [5.41, 5.74) is -0.229. The fourth-order valence-corrected chi connectivity index (χ4v) is 2.75. The number of halogens is 1. The summed E-state index contributed by atoms with van der Waals surface area (Å²) in [7, 11) is -7.99. The highest BCUT2D eigenvalue weighted by molar-refractivity contribution is 7.90. The Hall–Kier alpha value is -1.23. The molecule has 0 saturated heterocycles. The van der Waals surface area contributed by atoms with Crippen LogP contribution in [0.15, 0.2) is 23.1 Å². The van der Waals surface area contributed by atoms with Crippen molar-refractivity contribution in [2.45, 2.75) is 18.2 Å². The van der Waals surface area contributed by atoms with E-state index in [1.807, 2.05) is 4.72 Å². The maximum absolute atomic E-state index is 13.2. The predicted octanol–water partition coefficient (Wildman–Crippen LogP) is 0.129. The van der Waals surface area contributed by atoms with E-state index < -0.39 is 30.9 Å². The monoisotopic (exact) mass is 311 g/mol. The SMILES string of the molecule is CCCNS(=O)(=O)Nc1cc(F)cc(S(N)(=O)=O)c1. The lowest BCUT2D eigenvalue weighted by Gasteiger charge is -2.09. The molecule has 0 aliphatic carbocycles. The summed E-state index contributed by atoms with van der Waals surface area (Å²) in [6.07, 6.45) is 0.576. The van der Waals surface area contributed by atoms with Crippen molar-refractivity contribution in [1.29, 1.82) is 0 Å². The largest absolute Gasteiger partial charge is 0.299 e. The third-order valence-electron chi connectivity index (χ3n) is 1.99. The summed E-state index contributed by atoms with van der Waals surface area (Å²) in [5, 5.41) is 4.85. The summed E-state index contributed by atoms with van der Waals surface area (Å²) in [6.45, 7) is 1.97. The Morgan fingerprint density at radius 2 is 1.84 bits per heavy atom. The van der Waals surface area contributed by atoms with Gasteiger partial charge in [0.15, 0.2) is 0 Å².